The maximum Gasteiger partial charge on any atom is 1.00 e. The summed E-state index contributed by atoms with van der Waals surface area (Å²) in [4.78, 5) is 8.04. The summed E-state index contributed by atoms with van der Waals surface area (Å²) in [6, 6.07) is 46.7. The summed E-state index contributed by atoms with van der Waals surface area (Å²) in [5.74, 6) is -0.00173. The first-order chi connectivity index (χ1) is 21.7. The second-order valence-electron chi connectivity index (χ2n) is 11.2. The van der Waals surface area contributed by atoms with Gasteiger partial charge in [-0.15, -0.1) is 11.3 Å². The SMILES string of the molecule is [Li+].[O-]c1ccc(-c2c3ccccc3cc3c2ccc2c(-c4ccc(-c5nc6ccccc6s5)cc4)cccc23)c2ccc[nH+]c12. The van der Waals surface area contributed by atoms with Crippen LogP contribution in [0.5, 0.6) is 5.75 Å². The van der Waals surface area contributed by atoms with Crippen molar-refractivity contribution in [2.24, 2.45) is 0 Å². The zero-order valence-electron chi connectivity index (χ0n) is 24.5. The number of aromatic nitrogens is 2. The van der Waals surface area contributed by atoms with Crippen LogP contribution >= 0.6 is 11.3 Å². The molecule has 0 aliphatic carbocycles. The largest absolute Gasteiger partial charge is 1.00 e. The van der Waals surface area contributed by atoms with Gasteiger partial charge in [0.25, 0.3) is 0 Å². The van der Waals surface area contributed by atoms with Crippen molar-refractivity contribution >= 4 is 64.8 Å². The predicted octanol–water partition coefficient (Wildman–Crippen LogP) is 6.80. The number of aromatic amines is 1. The Hall–Kier alpha value is -4.98. The van der Waals surface area contributed by atoms with Gasteiger partial charge in [-0.3, -0.25) is 0 Å². The smallest absolute Gasteiger partial charge is 0.868 e. The minimum Gasteiger partial charge on any atom is -0.868 e. The molecule has 0 saturated heterocycles. The molecule has 45 heavy (non-hydrogen) atoms. The van der Waals surface area contributed by atoms with Crippen molar-refractivity contribution in [3.8, 4) is 38.6 Å². The molecule has 0 unspecified atom stereocenters. The van der Waals surface area contributed by atoms with Gasteiger partial charge in [0, 0.05) is 11.6 Å². The fourth-order valence-corrected chi connectivity index (χ4v) is 7.62. The van der Waals surface area contributed by atoms with Crippen molar-refractivity contribution < 1.29 is 29.0 Å². The third-order valence-electron chi connectivity index (χ3n) is 8.70. The van der Waals surface area contributed by atoms with Crippen LogP contribution in [0.4, 0.5) is 0 Å². The maximum absolute atomic E-state index is 12.7. The normalized spacial score (nSPS) is 11.5. The summed E-state index contributed by atoms with van der Waals surface area (Å²) >= 11 is 1.73. The number of thiazole rings is 1. The van der Waals surface area contributed by atoms with E-state index in [9.17, 15) is 5.11 Å². The fourth-order valence-electron chi connectivity index (χ4n) is 6.65. The molecule has 0 aliphatic rings. The van der Waals surface area contributed by atoms with Crippen LogP contribution in [0.15, 0.2) is 140 Å². The molecule has 2 heterocycles. The van der Waals surface area contributed by atoms with E-state index in [1.54, 1.807) is 17.4 Å². The van der Waals surface area contributed by atoms with Crippen LogP contribution in [-0.4, -0.2) is 4.98 Å². The van der Waals surface area contributed by atoms with E-state index < -0.39 is 0 Å². The molecule has 0 amide bonds. The molecule has 0 spiro atoms. The van der Waals surface area contributed by atoms with E-state index in [1.807, 2.05) is 30.5 Å². The van der Waals surface area contributed by atoms with Gasteiger partial charge >= 0.3 is 18.9 Å². The second kappa shape index (κ2) is 10.9. The van der Waals surface area contributed by atoms with Crippen LogP contribution in [-0.2, 0) is 0 Å². The summed E-state index contributed by atoms with van der Waals surface area (Å²) in [5.41, 5.74) is 7.38. The molecule has 7 aromatic carbocycles. The Morgan fingerprint density at radius 3 is 2.20 bits per heavy atom. The molecular weight excluding hydrogens is 563 g/mol. The topological polar surface area (TPSA) is 50.1 Å². The van der Waals surface area contributed by atoms with E-state index in [0.29, 0.717) is 5.52 Å². The first kappa shape index (κ1) is 27.6. The van der Waals surface area contributed by atoms with Gasteiger partial charge in [-0.2, -0.15) is 0 Å². The zero-order valence-corrected chi connectivity index (χ0v) is 25.4. The zero-order chi connectivity index (χ0) is 29.2. The van der Waals surface area contributed by atoms with Crippen molar-refractivity contribution in [3.05, 3.63) is 140 Å². The van der Waals surface area contributed by atoms with Gasteiger partial charge in [-0.25, -0.2) is 9.97 Å². The van der Waals surface area contributed by atoms with Crippen LogP contribution in [0.3, 0.4) is 0 Å². The monoisotopic (exact) mass is 587 g/mol. The van der Waals surface area contributed by atoms with Gasteiger partial charge in [0.15, 0.2) is 6.20 Å². The van der Waals surface area contributed by atoms with Crippen molar-refractivity contribution in [1.29, 1.82) is 0 Å². The number of benzene rings is 7. The number of nitrogens with zero attached hydrogens (tertiary/aromatic N) is 1. The molecule has 206 valence electrons. The van der Waals surface area contributed by atoms with Crippen LogP contribution < -0.4 is 29.0 Å². The Balaban J connectivity index is 0.00000300. The quantitative estimate of drug-likeness (QED) is 0.130. The number of hydrogen-bond donors (Lipinski definition) is 0. The number of pyridine rings is 1. The van der Waals surface area contributed by atoms with Gasteiger partial charge in [0.2, 0.25) is 5.52 Å². The average molecular weight is 588 g/mol. The number of H-pyrrole nitrogens is 1. The van der Waals surface area contributed by atoms with Crippen LogP contribution in [0, 0.1) is 0 Å². The van der Waals surface area contributed by atoms with Crippen LogP contribution in [0.25, 0.3) is 86.3 Å². The first-order valence-electron chi connectivity index (χ1n) is 14.7. The number of para-hydroxylation sites is 1. The van der Waals surface area contributed by atoms with Crippen molar-refractivity contribution in [1.82, 2.24) is 4.98 Å². The number of rotatable bonds is 3. The summed E-state index contributed by atoms with van der Waals surface area (Å²) < 4.78 is 1.20. The molecule has 9 rings (SSSR count). The van der Waals surface area contributed by atoms with Gasteiger partial charge in [0.05, 0.1) is 15.6 Å². The van der Waals surface area contributed by atoms with E-state index in [4.69, 9.17) is 4.98 Å². The number of hydrogen-bond acceptors (Lipinski definition) is 3. The standard InChI is InChI=1S/C40H24N2OS.Li/c43-36-21-20-31(33-11-6-22-41-39(33)36)38-28-8-2-1-7-26(28)23-34-29-10-5-9-27(30(29)18-19-32(34)38)24-14-16-25(17-15-24)40-42-35-12-3-4-13-37(35)44-40;/h1-23,43H;/q;+1. The summed E-state index contributed by atoms with van der Waals surface area (Å²) in [6.45, 7) is 0. The Labute approximate surface area is 275 Å². The third-order valence-corrected chi connectivity index (χ3v) is 9.79. The summed E-state index contributed by atoms with van der Waals surface area (Å²) in [7, 11) is 0. The molecule has 0 bridgehead atoms. The van der Waals surface area contributed by atoms with E-state index in [1.165, 1.54) is 48.1 Å². The Morgan fingerprint density at radius 1 is 0.556 bits per heavy atom. The van der Waals surface area contributed by atoms with E-state index in [2.05, 4.69) is 108 Å². The van der Waals surface area contributed by atoms with E-state index in [-0.39, 0.29) is 24.6 Å². The van der Waals surface area contributed by atoms with Crippen molar-refractivity contribution in [2.45, 2.75) is 0 Å². The maximum atomic E-state index is 12.7. The van der Waals surface area contributed by atoms with Gasteiger partial charge in [-0.1, -0.05) is 103 Å². The fraction of sp³-hybridized carbons (Fsp3) is 0. The third kappa shape index (κ3) is 4.42. The number of nitrogens with one attached hydrogen (secondary N) is 1. The summed E-state index contributed by atoms with van der Waals surface area (Å²) in [5, 5.41) is 21.8. The van der Waals surface area contributed by atoms with Crippen LogP contribution in [0.1, 0.15) is 0 Å². The Kier molecular flexibility index (Phi) is 6.66. The van der Waals surface area contributed by atoms with E-state index in [0.717, 1.165) is 32.6 Å². The Morgan fingerprint density at radius 2 is 1.31 bits per heavy atom. The second-order valence-corrected chi connectivity index (χ2v) is 12.2. The summed E-state index contributed by atoms with van der Waals surface area (Å²) in [6.07, 6.45) is 1.81. The molecule has 0 aliphatic heterocycles. The molecule has 0 saturated carbocycles. The minimum atomic E-state index is -0.00173. The van der Waals surface area contributed by atoms with E-state index >= 15 is 0 Å². The Bertz CT molecular complexity index is 2540. The van der Waals surface area contributed by atoms with Gasteiger partial charge < -0.3 is 5.11 Å². The molecule has 0 atom stereocenters. The van der Waals surface area contributed by atoms with Crippen molar-refractivity contribution in [3.63, 3.8) is 0 Å². The first-order valence-corrected chi connectivity index (χ1v) is 15.5. The molecule has 0 fully saturated rings. The molecule has 3 nitrogen and oxygen atoms in total. The molecule has 5 heteroatoms. The molecule has 2 aromatic heterocycles. The van der Waals surface area contributed by atoms with Gasteiger partial charge in [0.1, 0.15) is 5.01 Å². The average Bonchev–Trinajstić information content (AvgIpc) is 3.52. The minimum absolute atomic E-state index is 0. The van der Waals surface area contributed by atoms with Gasteiger partial charge in [-0.05, 0) is 84.6 Å². The van der Waals surface area contributed by atoms with Crippen molar-refractivity contribution in [2.75, 3.05) is 0 Å². The molecular formula is C40H24LiN2OS+. The number of fused-ring (bicyclic) bond motifs is 6. The van der Waals surface area contributed by atoms with Crippen LogP contribution in [0.2, 0.25) is 0 Å². The molecule has 9 aromatic rings. The molecule has 0 radical (unpaired) electrons. The predicted molar refractivity (Wildman–Crippen MR) is 182 cm³/mol. The molecule has 1 N–H and O–H groups in total.